The van der Waals surface area contributed by atoms with Crippen molar-refractivity contribution in [2.24, 2.45) is 0 Å². The Balaban J connectivity index is 1.71. The van der Waals surface area contributed by atoms with Crippen LogP contribution in [0.4, 0.5) is 0 Å². The first-order chi connectivity index (χ1) is 11.7. The first kappa shape index (κ1) is 17.1. The van der Waals surface area contributed by atoms with Crippen LogP contribution in [0.5, 0.6) is 5.75 Å². The topological polar surface area (TPSA) is 35.0 Å². The normalized spacial score (nSPS) is 10.6. The Morgan fingerprint density at radius 3 is 2.50 bits per heavy atom. The highest BCUT2D eigenvalue weighted by Crippen LogP contribution is 2.30. The van der Waals surface area contributed by atoms with Gasteiger partial charge in [0.15, 0.2) is 0 Å². The molecule has 0 radical (unpaired) electrons. The van der Waals surface area contributed by atoms with E-state index in [4.69, 9.17) is 27.9 Å². The number of aromatic nitrogens is 2. The molecule has 2 aromatic carbocycles. The Labute approximate surface area is 155 Å². The zero-order valence-electron chi connectivity index (χ0n) is 12.9. The molecular formula is C18H14Cl2N2OS. The number of rotatable bonds is 5. The highest BCUT2D eigenvalue weighted by atomic mass is 35.5. The second-order valence-electron chi connectivity index (χ2n) is 4.99. The molecule has 1 aromatic heterocycles. The highest BCUT2D eigenvalue weighted by Gasteiger charge is 2.07. The van der Waals surface area contributed by atoms with Crippen LogP contribution in [0.15, 0.2) is 59.6 Å². The molecule has 3 rings (SSSR count). The fraction of sp³-hybridized carbons (Fsp3) is 0.111. The monoisotopic (exact) mass is 376 g/mol. The van der Waals surface area contributed by atoms with Crippen LogP contribution < -0.4 is 4.74 Å². The maximum Gasteiger partial charge on any atom is 0.128 e. The number of para-hydroxylation sites is 1. The summed E-state index contributed by atoms with van der Waals surface area (Å²) in [5.41, 5.74) is 2.80. The van der Waals surface area contributed by atoms with Gasteiger partial charge < -0.3 is 4.74 Å². The van der Waals surface area contributed by atoms with Gasteiger partial charge >= 0.3 is 0 Å². The molecular weight excluding hydrogens is 363 g/mol. The zero-order valence-corrected chi connectivity index (χ0v) is 15.2. The number of thioether (sulfide) groups is 1. The van der Waals surface area contributed by atoms with Crippen LogP contribution in [-0.4, -0.2) is 17.3 Å². The van der Waals surface area contributed by atoms with Gasteiger partial charge in [0, 0.05) is 11.3 Å². The van der Waals surface area contributed by atoms with Crippen LogP contribution in [0.3, 0.4) is 0 Å². The van der Waals surface area contributed by atoms with Gasteiger partial charge in [-0.25, -0.2) is 0 Å². The summed E-state index contributed by atoms with van der Waals surface area (Å²) < 4.78 is 5.36. The average Bonchev–Trinajstić information content (AvgIpc) is 2.63. The summed E-state index contributed by atoms with van der Waals surface area (Å²) >= 11 is 13.6. The van der Waals surface area contributed by atoms with Crippen LogP contribution in [0.25, 0.3) is 11.3 Å². The van der Waals surface area contributed by atoms with E-state index in [2.05, 4.69) is 10.2 Å². The van der Waals surface area contributed by atoms with Crippen LogP contribution in [0.2, 0.25) is 10.0 Å². The third-order valence-corrected chi connectivity index (χ3v) is 5.12. The Bertz CT molecular complexity index is 841. The van der Waals surface area contributed by atoms with Crippen LogP contribution in [0.1, 0.15) is 5.56 Å². The van der Waals surface area contributed by atoms with Crippen molar-refractivity contribution in [3.63, 3.8) is 0 Å². The highest BCUT2D eigenvalue weighted by molar-refractivity contribution is 7.98. The molecule has 3 nitrogen and oxygen atoms in total. The van der Waals surface area contributed by atoms with Gasteiger partial charge in [0.05, 0.1) is 22.8 Å². The lowest BCUT2D eigenvalue weighted by Crippen LogP contribution is -1.93. The first-order valence-electron chi connectivity index (χ1n) is 7.21. The van der Waals surface area contributed by atoms with Gasteiger partial charge in [0.25, 0.3) is 0 Å². The van der Waals surface area contributed by atoms with Gasteiger partial charge in [-0.15, -0.1) is 10.2 Å². The molecule has 0 bridgehead atoms. The van der Waals surface area contributed by atoms with Gasteiger partial charge in [-0.05, 0) is 42.0 Å². The fourth-order valence-corrected chi connectivity index (χ4v) is 3.26. The van der Waals surface area contributed by atoms with E-state index < -0.39 is 0 Å². The standard InChI is InChI=1S/C18H14Cl2N2OS/c1-23-17-5-3-2-4-13(17)16-8-9-18(22-21-16)24-11-12-6-7-14(19)15(20)10-12/h2-10H,11H2,1H3. The number of halogens is 2. The van der Waals surface area contributed by atoms with E-state index in [0.717, 1.165) is 33.3 Å². The number of benzene rings is 2. The Hall–Kier alpha value is -1.75. The SMILES string of the molecule is COc1ccccc1-c1ccc(SCc2ccc(Cl)c(Cl)c2)nn1. The second kappa shape index (κ2) is 7.88. The van der Waals surface area contributed by atoms with Crippen LogP contribution in [0, 0.1) is 0 Å². The van der Waals surface area contributed by atoms with Crippen molar-refractivity contribution in [1.82, 2.24) is 10.2 Å². The number of ether oxygens (including phenoxy) is 1. The van der Waals surface area contributed by atoms with Gasteiger partial charge in [0.2, 0.25) is 0 Å². The van der Waals surface area contributed by atoms with Crippen molar-refractivity contribution in [2.75, 3.05) is 7.11 Å². The maximum atomic E-state index is 6.03. The van der Waals surface area contributed by atoms with Crippen molar-refractivity contribution in [1.29, 1.82) is 0 Å². The van der Waals surface area contributed by atoms with Crippen molar-refractivity contribution in [3.8, 4) is 17.0 Å². The third kappa shape index (κ3) is 4.01. The number of methoxy groups -OCH3 is 1. The Morgan fingerprint density at radius 2 is 1.79 bits per heavy atom. The minimum Gasteiger partial charge on any atom is -0.496 e. The Morgan fingerprint density at radius 1 is 0.958 bits per heavy atom. The van der Waals surface area contributed by atoms with Crippen molar-refractivity contribution in [3.05, 3.63) is 70.2 Å². The molecule has 0 aliphatic carbocycles. The second-order valence-corrected chi connectivity index (χ2v) is 6.80. The molecule has 0 N–H and O–H groups in total. The lowest BCUT2D eigenvalue weighted by Gasteiger charge is -2.07. The van der Waals surface area contributed by atoms with E-state index in [0.29, 0.717) is 10.0 Å². The van der Waals surface area contributed by atoms with E-state index >= 15 is 0 Å². The molecule has 24 heavy (non-hydrogen) atoms. The van der Waals surface area contributed by atoms with Crippen LogP contribution >= 0.6 is 35.0 Å². The molecule has 0 fully saturated rings. The summed E-state index contributed by atoms with van der Waals surface area (Å²) in [7, 11) is 1.65. The van der Waals surface area contributed by atoms with Gasteiger partial charge in [-0.1, -0.05) is 53.2 Å². The van der Waals surface area contributed by atoms with Crippen molar-refractivity contribution in [2.45, 2.75) is 10.8 Å². The van der Waals surface area contributed by atoms with Gasteiger partial charge in [-0.3, -0.25) is 0 Å². The molecule has 0 amide bonds. The number of nitrogens with zero attached hydrogens (tertiary/aromatic N) is 2. The molecule has 0 saturated heterocycles. The maximum absolute atomic E-state index is 6.03. The minimum atomic E-state index is 0.561. The van der Waals surface area contributed by atoms with E-state index in [1.165, 1.54) is 0 Å². The molecule has 0 aliphatic heterocycles. The quantitative estimate of drug-likeness (QED) is 0.530. The largest absolute Gasteiger partial charge is 0.496 e. The lowest BCUT2D eigenvalue weighted by molar-refractivity contribution is 0.416. The van der Waals surface area contributed by atoms with Crippen LogP contribution in [-0.2, 0) is 5.75 Å². The molecule has 3 aromatic rings. The minimum absolute atomic E-state index is 0.561. The summed E-state index contributed by atoms with van der Waals surface area (Å²) in [6.07, 6.45) is 0. The molecule has 0 unspecified atom stereocenters. The first-order valence-corrected chi connectivity index (χ1v) is 8.95. The number of hydrogen-bond acceptors (Lipinski definition) is 4. The summed E-state index contributed by atoms with van der Waals surface area (Å²) in [5.74, 6) is 1.53. The molecule has 0 aliphatic rings. The predicted molar refractivity (Wildman–Crippen MR) is 100 cm³/mol. The van der Waals surface area contributed by atoms with Crippen molar-refractivity contribution >= 4 is 35.0 Å². The molecule has 122 valence electrons. The predicted octanol–water partition coefficient (Wildman–Crippen LogP) is 5.75. The fourth-order valence-electron chi connectivity index (χ4n) is 2.18. The molecule has 0 spiro atoms. The van der Waals surface area contributed by atoms with Crippen molar-refractivity contribution < 1.29 is 4.74 Å². The van der Waals surface area contributed by atoms with E-state index in [-0.39, 0.29) is 0 Å². The number of hydrogen-bond donors (Lipinski definition) is 0. The third-order valence-electron chi connectivity index (χ3n) is 3.39. The molecule has 1 heterocycles. The smallest absolute Gasteiger partial charge is 0.128 e. The summed E-state index contributed by atoms with van der Waals surface area (Å²) in [5, 5.41) is 10.6. The van der Waals surface area contributed by atoms with Gasteiger partial charge in [0.1, 0.15) is 10.8 Å². The molecule has 0 atom stereocenters. The summed E-state index contributed by atoms with van der Waals surface area (Å²) in [6, 6.07) is 17.3. The summed E-state index contributed by atoms with van der Waals surface area (Å²) in [4.78, 5) is 0. The molecule has 6 heteroatoms. The average molecular weight is 377 g/mol. The van der Waals surface area contributed by atoms with Gasteiger partial charge in [-0.2, -0.15) is 0 Å². The summed E-state index contributed by atoms with van der Waals surface area (Å²) in [6.45, 7) is 0. The lowest BCUT2D eigenvalue weighted by atomic mass is 10.1. The van der Waals surface area contributed by atoms with E-state index in [1.807, 2.05) is 48.5 Å². The van der Waals surface area contributed by atoms with E-state index in [9.17, 15) is 0 Å². The molecule has 0 saturated carbocycles. The Kier molecular flexibility index (Phi) is 5.61. The van der Waals surface area contributed by atoms with E-state index in [1.54, 1.807) is 24.9 Å². The zero-order chi connectivity index (χ0) is 16.9.